The smallest absolute Gasteiger partial charge is 0.324 e. The molecule has 2 rings (SSSR count). The number of aliphatic carboxylic acids is 1. The molecule has 8 heteroatoms. The van der Waals surface area contributed by atoms with Crippen molar-refractivity contribution in [3.63, 3.8) is 0 Å². The highest BCUT2D eigenvalue weighted by molar-refractivity contribution is 7.89. The first-order chi connectivity index (χ1) is 11.7. The van der Waals surface area contributed by atoms with Crippen molar-refractivity contribution >= 4 is 16.0 Å². The summed E-state index contributed by atoms with van der Waals surface area (Å²) in [7, 11) is -2.63. The molecule has 2 atom stereocenters. The van der Waals surface area contributed by atoms with E-state index in [4.69, 9.17) is 4.74 Å². The molecule has 0 aromatic heterocycles. The van der Waals surface area contributed by atoms with Gasteiger partial charge in [-0.05, 0) is 36.8 Å². The van der Waals surface area contributed by atoms with E-state index in [0.29, 0.717) is 5.75 Å². The lowest BCUT2D eigenvalue weighted by molar-refractivity contribution is -0.141. The minimum atomic E-state index is -4.10. The lowest BCUT2D eigenvalue weighted by atomic mass is 10.0. The topological polar surface area (TPSA) is 113 Å². The van der Waals surface area contributed by atoms with Crippen LogP contribution in [0.3, 0.4) is 0 Å². The van der Waals surface area contributed by atoms with Crippen LogP contribution < -0.4 is 9.46 Å². The zero-order chi connectivity index (χ0) is 18.6. The molecule has 0 saturated carbocycles. The molecule has 0 aliphatic heterocycles. The van der Waals surface area contributed by atoms with Crippen molar-refractivity contribution in [3.8, 4) is 5.75 Å². The molecular formula is C17H19NO6S. The van der Waals surface area contributed by atoms with E-state index in [1.807, 2.05) is 4.72 Å². The number of hydrogen-bond acceptors (Lipinski definition) is 5. The molecular weight excluding hydrogens is 346 g/mol. The summed E-state index contributed by atoms with van der Waals surface area (Å²) in [6.45, 7) is 1.80. The molecule has 0 radical (unpaired) electrons. The monoisotopic (exact) mass is 365 g/mol. The maximum absolute atomic E-state index is 12.4. The highest BCUT2D eigenvalue weighted by atomic mass is 32.2. The second kappa shape index (κ2) is 7.64. The molecule has 2 unspecified atom stereocenters. The van der Waals surface area contributed by atoms with Crippen molar-refractivity contribution in [2.75, 3.05) is 7.11 Å². The first-order valence-electron chi connectivity index (χ1n) is 7.38. The quantitative estimate of drug-likeness (QED) is 0.685. The molecule has 0 bridgehead atoms. The predicted molar refractivity (Wildman–Crippen MR) is 90.9 cm³/mol. The van der Waals surface area contributed by atoms with Crippen LogP contribution in [-0.2, 0) is 14.8 Å². The van der Waals surface area contributed by atoms with E-state index >= 15 is 0 Å². The summed E-state index contributed by atoms with van der Waals surface area (Å²) in [5.74, 6) is -0.956. The zero-order valence-electron chi connectivity index (χ0n) is 13.7. The number of methoxy groups -OCH3 is 1. The van der Waals surface area contributed by atoms with Crippen molar-refractivity contribution in [2.24, 2.45) is 0 Å². The number of aryl methyl sites for hydroxylation is 1. The van der Waals surface area contributed by atoms with Gasteiger partial charge in [-0.15, -0.1) is 0 Å². The maximum atomic E-state index is 12.4. The fourth-order valence-corrected chi connectivity index (χ4v) is 3.39. The number of rotatable bonds is 7. The van der Waals surface area contributed by atoms with Crippen LogP contribution in [0.4, 0.5) is 0 Å². The maximum Gasteiger partial charge on any atom is 0.324 e. The van der Waals surface area contributed by atoms with Crippen molar-refractivity contribution in [1.29, 1.82) is 0 Å². The molecule has 2 aromatic carbocycles. The van der Waals surface area contributed by atoms with Gasteiger partial charge in [0.2, 0.25) is 10.0 Å². The number of hydrogen-bond donors (Lipinski definition) is 3. The fourth-order valence-electron chi connectivity index (χ4n) is 2.20. The van der Waals surface area contributed by atoms with Gasteiger partial charge in [0.25, 0.3) is 0 Å². The lowest BCUT2D eigenvalue weighted by Gasteiger charge is -2.21. The minimum Gasteiger partial charge on any atom is -0.497 e. The normalized spacial score (nSPS) is 13.9. The Balaban J connectivity index is 2.27. The molecule has 134 valence electrons. The molecule has 3 N–H and O–H groups in total. The van der Waals surface area contributed by atoms with Crippen LogP contribution in [0.15, 0.2) is 53.4 Å². The number of nitrogens with one attached hydrogen (secondary N) is 1. The first-order valence-corrected chi connectivity index (χ1v) is 8.87. The van der Waals surface area contributed by atoms with Crippen LogP contribution in [0.25, 0.3) is 0 Å². The predicted octanol–water partition coefficient (Wildman–Crippen LogP) is 1.47. The van der Waals surface area contributed by atoms with Gasteiger partial charge in [0, 0.05) is 0 Å². The van der Waals surface area contributed by atoms with Gasteiger partial charge in [-0.3, -0.25) is 4.79 Å². The number of aliphatic hydroxyl groups excluding tert-OH is 1. The van der Waals surface area contributed by atoms with Gasteiger partial charge in [-0.25, -0.2) is 8.42 Å². The number of carboxylic acid groups (broad SMARTS) is 1. The molecule has 25 heavy (non-hydrogen) atoms. The molecule has 0 aliphatic carbocycles. The van der Waals surface area contributed by atoms with Crippen LogP contribution >= 0.6 is 0 Å². The Morgan fingerprint density at radius 3 is 2.12 bits per heavy atom. The average Bonchev–Trinajstić information content (AvgIpc) is 2.59. The van der Waals surface area contributed by atoms with Crippen LogP contribution in [0.5, 0.6) is 5.75 Å². The highest BCUT2D eigenvalue weighted by Gasteiger charge is 2.32. The third-order valence-electron chi connectivity index (χ3n) is 3.65. The van der Waals surface area contributed by atoms with Crippen molar-refractivity contribution in [2.45, 2.75) is 24.0 Å². The average molecular weight is 365 g/mol. The number of aliphatic hydroxyl groups is 1. The van der Waals surface area contributed by atoms with Crippen LogP contribution in [0.1, 0.15) is 17.2 Å². The number of benzene rings is 2. The summed E-state index contributed by atoms with van der Waals surface area (Å²) in [6, 6.07) is 10.2. The molecule has 0 saturated heterocycles. The molecule has 2 aromatic rings. The van der Waals surface area contributed by atoms with Crippen molar-refractivity contribution < 1.29 is 28.2 Å². The standard InChI is InChI=1S/C17H19NO6S/c1-11-3-9-14(10-4-11)25(22,23)18-15(17(20)21)16(19)12-5-7-13(24-2)8-6-12/h3-10,15-16,18-19H,1-2H3,(H,20,21). The Hall–Kier alpha value is -2.42. The highest BCUT2D eigenvalue weighted by Crippen LogP contribution is 2.22. The summed E-state index contributed by atoms with van der Waals surface area (Å²) in [5.41, 5.74) is 1.12. The van der Waals surface area contributed by atoms with E-state index in [9.17, 15) is 23.4 Å². The van der Waals surface area contributed by atoms with E-state index in [1.54, 1.807) is 31.2 Å². The Morgan fingerprint density at radius 2 is 1.64 bits per heavy atom. The van der Waals surface area contributed by atoms with E-state index in [0.717, 1.165) is 5.56 Å². The number of carboxylic acids is 1. The molecule has 0 aliphatic rings. The molecule has 0 heterocycles. The van der Waals surface area contributed by atoms with Gasteiger partial charge in [0.15, 0.2) is 0 Å². The Kier molecular flexibility index (Phi) is 5.78. The van der Waals surface area contributed by atoms with Gasteiger partial charge < -0.3 is 14.9 Å². The second-order valence-electron chi connectivity index (χ2n) is 5.47. The van der Waals surface area contributed by atoms with Crippen LogP contribution in [-0.4, -0.2) is 37.8 Å². The number of sulfonamides is 1. The van der Waals surface area contributed by atoms with Gasteiger partial charge in [-0.1, -0.05) is 29.8 Å². The largest absolute Gasteiger partial charge is 0.497 e. The van der Waals surface area contributed by atoms with Crippen LogP contribution in [0.2, 0.25) is 0 Å². The molecule has 0 fully saturated rings. The van der Waals surface area contributed by atoms with Crippen molar-refractivity contribution in [1.82, 2.24) is 4.72 Å². The third-order valence-corrected chi connectivity index (χ3v) is 5.11. The van der Waals surface area contributed by atoms with E-state index in [1.165, 1.54) is 31.4 Å². The zero-order valence-corrected chi connectivity index (χ0v) is 14.5. The molecule has 0 amide bonds. The second-order valence-corrected chi connectivity index (χ2v) is 7.18. The lowest BCUT2D eigenvalue weighted by Crippen LogP contribution is -2.44. The molecule has 0 spiro atoms. The molecule has 7 nitrogen and oxygen atoms in total. The van der Waals surface area contributed by atoms with Gasteiger partial charge >= 0.3 is 5.97 Å². The minimum absolute atomic E-state index is 0.0775. The Labute approximate surface area is 145 Å². The number of carbonyl (C=O) groups is 1. The van der Waals surface area contributed by atoms with E-state index < -0.39 is 28.1 Å². The van der Waals surface area contributed by atoms with Gasteiger partial charge in [0.1, 0.15) is 17.9 Å². The SMILES string of the molecule is COc1ccc(C(O)C(NS(=O)(=O)c2ccc(C)cc2)C(=O)O)cc1. The summed E-state index contributed by atoms with van der Waals surface area (Å²) in [4.78, 5) is 11.4. The summed E-state index contributed by atoms with van der Waals surface area (Å²) < 4.78 is 31.8. The van der Waals surface area contributed by atoms with Crippen molar-refractivity contribution in [3.05, 3.63) is 59.7 Å². The Bertz CT molecular complexity index is 830. The fraction of sp³-hybridized carbons (Fsp3) is 0.235. The Morgan fingerprint density at radius 1 is 1.08 bits per heavy atom. The third kappa shape index (κ3) is 4.56. The first kappa shape index (κ1) is 18.9. The number of ether oxygens (including phenoxy) is 1. The van der Waals surface area contributed by atoms with E-state index in [-0.39, 0.29) is 10.5 Å². The summed E-state index contributed by atoms with van der Waals surface area (Å²) in [5, 5.41) is 19.7. The summed E-state index contributed by atoms with van der Waals surface area (Å²) in [6.07, 6.45) is -1.57. The summed E-state index contributed by atoms with van der Waals surface area (Å²) >= 11 is 0. The van der Waals surface area contributed by atoms with Gasteiger partial charge in [-0.2, -0.15) is 4.72 Å². The van der Waals surface area contributed by atoms with E-state index in [2.05, 4.69) is 0 Å². The van der Waals surface area contributed by atoms with Gasteiger partial charge in [0.05, 0.1) is 12.0 Å². The van der Waals surface area contributed by atoms with Crippen LogP contribution in [0, 0.1) is 6.92 Å².